The number of rotatable bonds is 6. The molecule has 1 atom stereocenters. The molecule has 1 fully saturated rings. The lowest BCUT2D eigenvalue weighted by molar-refractivity contribution is -0.120. The minimum absolute atomic E-state index is 0.0117. The molecule has 0 aliphatic carbocycles. The molecular weight excluding hydrogens is 323 g/mol. The number of carbonyl (C=O) groups excluding carboxylic acids is 1. The molecule has 1 saturated heterocycles. The van der Waals surface area contributed by atoms with Gasteiger partial charge in [0.05, 0.1) is 12.5 Å². The molecule has 1 aliphatic heterocycles. The lowest BCUT2D eigenvalue weighted by Gasteiger charge is -2.28. The maximum atomic E-state index is 13.2. The number of benzene rings is 1. The molecule has 0 spiro atoms. The normalized spacial score (nSPS) is 16.1. The van der Waals surface area contributed by atoms with Crippen molar-refractivity contribution in [3.8, 4) is 0 Å². The summed E-state index contributed by atoms with van der Waals surface area (Å²) in [5.41, 5.74) is 1.85. The van der Waals surface area contributed by atoms with Crippen LogP contribution in [-0.2, 0) is 11.2 Å². The van der Waals surface area contributed by atoms with E-state index in [0.29, 0.717) is 17.8 Å². The molecule has 0 unspecified atom stereocenters. The Hall–Kier alpha value is -2.41. The summed E-state index contributed by atoms with van der Waals surface area (Å²) in [7, 11) is 0. The predicted octanol–water partition coefficient (Wildman–Crippen LogP) is 1.65. The summed E-state index contributed by atoms with van der Waals surface area (Å²) in [6, 6.07) is 6.45. The van der Waals surface area contributed by atoms with E-state index < -0.39 is 0 Å². The van der Waals surface area contributed by atoms with Crippen LogP contribution in [0.1, 0.15) is 35.7 Å². The van der Waals surface area contributed by atoms with Crippen molar-refractivity contribution in [2.75, 3.05) is 19.6 Å². The van der Waals surface area contributed by atoms with Crippen molar-refractivity contribution in [1.82, 2.24) is 20.4 Å². The van der Waals surface area contributed by atoms with Gasteiger partial charge in [-0.05, 0) is 50.6 Å². The van der Waals surface area contributed by atoms with Gasteiger partial charge in [-0.2, -0.15) is 0 Å². The zero-order valence-electron chi connectivity index (χ0n) is 14.3. The lowest BCUT2D eigenvalue weighted by atomic mass is 10.1. The number of hydrogen-bond donors (Lipinski definition) is 3. The predicted molar refractivity (Wildman–Crippen MR) is 92.8 cm³/mol. The van der Waals surface area contributed by atoms with Crippen LogP contribution in [0.25, 0.3) is 0 Å². The molecule has 134 valence electrons. The second-order valence-electron chi connectivity index (χ2n) is 6.47. The molecule has 3 rings (SSSR count). The maximum Gasteiger partial charge on any atom is 0.267 e. The molecular formula is C18H23FN4O2. The SMILES string of the molecule is Cc1[nH][nH]c(=O)c1CC(=O)NC[C@@H](c1ccc(F)cc1)N1CCCC1. The first kappa shape index (κ1) is 17.4. The van der Waals surface area contributed by atoms with Crippen LogP contribution < -0.4 is 10.9 Å². The van der Waals surface area contributed by atoms with E-state index in [-0.39, 0.29) is 29.7 Å². The molecule has 0 bridgehead atoms. The number of aromatic nitrogens is 2. The first-order valence-corrected chi connectivity index (χ1v) is 8.57. The number of halogens is 1. The summed E-state index contributed by atoms with van der Waals surface area (Å²) >= 11 is 0. The van der Waals surface area contributed by atoms with Crippen molar-refractivity contribution < 1.29 is 9.18 Å². The van der Waals surface area contributed by atoms with Gasteiger partial charge >= 0.3 is 0 Å². The number of nitrogens with zero attached hydrogens (tertiary/aromatic N) is 1. The first-order valence-electron chi connectivity index (χ1n) is 8.57. The second-order valence-corrected chi connectivity index (χ2v) is 6.47. The Morgan fingerprint density at radius 3 is 2.52 bits per heavy atom. The Morgan fingerprint density at radius 1 is 1.24 bits per heavy atom. The Bertz CT molecular complexity index is 775. The van der Waals surface area contributed by atoms with E-state index in [9.17, 15) is 14.0 Å². The molecule has 0 saturated carbocycles. The van der Waals surface area contributed by atoms with Crippen LogP contribution in [0.4, 0.5) is 4.39 Å². The molecule has 2 aromatic rings. The van der Waals surface area contributed by atoms with Crippen LogP contribution in [0, 0.1) is 12.7 Å². The van der Waals surface area contributed by atoms with Crippen LogP contribution in [0.5, 0.6) is 0 Å². The largest absolute Gasteiger partial charge is 0.354 e. The molecule has 25 heavy (non-hydrogen) atoms. The highest BCUT2D eigenvalue weighted by Gasteiger charge is 2.24. The van der Waals surface area contributed by atoms with Gasteiger partial charge in [-0.1, -0.05) is 12.1 Å². The third-order valence-electron chi connectivity index (χ3n) is 4.76. The maximum absolute atomic E-state index is 13.2. The van der Waals surface area contributed by atoms with Gasteiger partial charge in [-0.15, -0.1) is 0 Å². The topological polar surface area (TPSA) is 81.0 Å². The third kappa shape index (κ3) is 4.17. The highest BCUT2D eigenvalue weighted by Crippen LogP contribution is 2.24. The van der Waals surface area contributed by atoms with Crippen LogP contribution in [0.2, 0.25) is 0 Å². The lowest BCUT2D eigenvalue weighted by Crippen LogP contribution is -2.37. The van der Waals surface area contributed by atoms with Crippen LogP contribution in [0.3, 0.4) is 0 Å². The van der Waals surface area contributed by atoms with Gasteiger partial charge in [0.2, 0.25) is 5.91 Å². The van der Waals surface area contributed by atoms with E-state index in [2.05, 4.69) is 20.4 Å². The molecule has 7 heteroatoms. The summed E-state index contributed by atoms with van der Waals surface area (Å²) < 4.78 is 13.2. The van der Waals surface area contributed by atoms with Crippen molar-refractivity contribution in [2.24, 2.45) is 0 Å². The number of aryl methyl sites for hydroxylation is 1. The number of amides is 1. The van der Waals surface area contributed by atoms with E-state index in [1.165, 1.54) is 12.1 Å². The average molecular weight is 346 g/mol. The first-order chi connectivity index (χ1) is 12.0. The van der Waals surface area contributed by atoms with E-state index in [1.807, 2.05) is 0 Å². The summed E-state index contributed by atoms with van der Waals surface area (Å²) in [4.78, 5) is 26.2. The standard InChI is InChI=1S/C18H23FN4O2/c1-12-15(18(25)22-21-12)10-17(24)20-11-16(23-8-2-3-9-23)13-4-6-14(19)7-5-13/h4-7,16H,2-3,8-11H2,1H3,(H,20,24)(H2,21,22,25)/t16-/m0/s1. The van der Waals surface area contributed by atoms with Gasteiger partial charge in [0.25, 0.3) is 5.56 Å². The smallest absolute Gasteiger partial charge is 0.267 e. The van der Waals surface area contributed by atoms with E-state index in [4.69, 9.17) is 0 Å². The van der Waals surface area contributed by atoms with Crippen molar-refractivity contribution in [1.29, 1.82) is 0 Å². The fourth-order valence-corrected chi connectivity index (χ4v) is 3.31. The Balaban J connectivity index is 1.67. The minimum Gasteiger partial charge on any atom is -0.354 e. The highest BCUT2D eigenvalue weighted by molar-refractivity contribution is 5.78. The Labute approximate surface area is 145 Å². The summed E-state index contributed by atoms with van der Waals surface area (Å²) in [6.45, 7) is 4.13. The van der Waals surface area contributed by atoms with E-state index in [0.717, 1.165) is 31.5 Å². The van der Waals surface area contributed by atoms with Gasteiger partial charge in [-0.3, -0.25) is 19.6 Å². The van der Waals surface area contributed by atoms with Crippen molar-refractivity contribution in [2.45, 2.75) is 32.2 Å². The van der Waals surface area contributed by atoms with Gasteiger partial charge in [0.15, 0.2) is 0 Å². The zero-order chi connectivity index (χ0) is 17.8. The van der Waals surface area contributed by atoms with Crippen LogP contribution >= 0.6 is 0 Å². The average Bonchev–Trinajstić information content (AvgIpc) is 3.22. The summed E-state index contributed by atoms with van der Waals surface area (Å²) in [6.07, 6.45) is 2.30. The van der Waals surface area contributed by atoms with Crippen molar-refractivity contribution in [3.05, 3.63) is 57.3 Å². The fraction of sp³-hybridized carbons (Fsp3) is 0.444. The number of aromatic amines is 2. The van der Waals surface area contributed by atoms with Crippen molar-refractivity contribution >= 4 is 5.91 Å². The molecule has 3 N–H and O–H groups in total. The molecule has 1 aromatic carbocycles. The molecule has 1 aliphatic rings. The quantitative estimate of drug-likeness (QED) is 0.744. The zero-order valence-corrected chi connectivity index (χ0v) is 14.3. The Kier molecular flexibility index (Phi) is 5.33. The number of nitrogens with one attached hydrogen (secondary N) is 3. The van der Waals surface area contributed by atoms with Crippen LogP contribution in [0.15, 0.2) is 29.1 Å². The summed E-state index contributed by atoms with van der Waals surface area (Å²) in [5.74, 6) is -0.463. The third-order valence-corrected chi connectivity index (χ3v) is 4.76. The number of likely N-dealkylation sites (tertiary alicyclic amines) is 1. The number of hydrogen-bond acceptors (Lipinski definition) is 3. The number of H-pyrrole nitrogens is 2. The molecule has 6 nitrogen and oxygen atoms in total. The molecule has 1 aromatic heterocycles. The van der Waals surface area contributed by atoms with Gasteiger partial charge < -0.3 is 10.4 Å². The van der Waals surface area contributed by atoms with E-state index in [1.54, 1.807) is 19.1 Å². The second kappa shape index (κ2) is 7.65. The Morgan fingerprint density at radius 2 is 1.92 bits per heavy atom. The van der Waals surface area contributed by atoms with Crippen molar-refractivity contribution in [3.63, 3.8) is 0 Å². The molecule has 2 heterocycles. The minimum atomic E-state index is -0.268. The summed E-state index contributed by atoms with van der Waals surface area (Å²) in [5, 5.41) is 8.12. The van der Waals surface area contributed by atoms with Crippen LogP contribution in [-0.4, -0.2) is 40.6 Å². The van der Waals surface area contributed by atoms with Gasteiger partial charge in [-0.25, -0.2) is 4.39 Å². The molecule has 0 radical (unpaired) electrons. The molecule has 1 amide bonds. The van der Waals surface area contributed by atoms with Gasteiger partial charge in [0, 0.05) is 17.8 Å². The fourth-order valence-electron chi connectivity index (χ4n) is 3.31. The van der Waals surface area contributed by atoms with E-state index >= 15 is 0 Å². The highest BCUT2D eigenvalue weighted by atomic mass is 19.1. The van der Waals surface area contributed by atoms with Gasteiger partial charge in [0.1, 0.15) is 5.82 Å². The number of carbonyl (C=O) groups is 1. The monoisotopic (exact) mass is 346 g/mol.